The van der Waals surface area contributed by atoms with Crippen LogP contribution >= 0.6 is 0 Å². The lowest BCUT2D eigenvalue weighted by atomic mass is 9.93. The van der Waals surface area contributed by atoms with E-state index in [1.807, 2.05) is 19.1 Å². The van der Waals surface area contributed by atoms with Crippen molar-refractivity contribution in [3.05, 3.63) is 29.8 Å². The van der Waals surface area contributed by atoms with Gasteiger partial charge in [-0.25, -0.2) is 13.1 Å². The van der Waals surface area contributed by atoms with Gasteiger partial charge >= 0.3 is 0 Å². The second-order valence-electron chi connectivity index (χ2n) is 6.59. The largest absolute Gasteiger partial charge is 0.494 e. The van der Waals surface area contributed by atoms with Crippen LogP contribution in [-0.4, -0.2) is 64.4 Å². The van der Waals surface area contributed by atoms with Crippen molar-refractivity contribution in [2.24, 2.45) is 11.8 Å². The van der Waals surface area contributed by atoms with Crippen LogP contribution in [0.4, 0.5) is 0 Å². The Morgan fingerprint density at radius 3 is 2.92 bits per heavy atom. The summed E-state index contributed by atoms with van der Waals surface area (Å²) in [6, 6.07) is 7.17. The van der Waals surface area contributed by atoms with E-state index in [1.165, 1.54) is 0 Å². The molecule has 1 aromatic rings. The molecule has 1 aromatic carbocycles. The van der Waals surface area contributed by atoms with Gasteiger partial charge in [-0.3, -0.25) is 4.79 Å². The van der Waals surface area contributed by atoms with Crippen LogP contribution in [0.5, 0.6) is 5.75 Å². The van der Waals surface area contributed by atoms with Gasteiger partial charge in [-0.2, -0.15) is 0 Å². The number of hydrogen-bond acceptors (Lipinski definition) is 5. The van der Waals surface area contributed by atoms with Crippen LogP contribution in [0.15, 0.2) is 24.3 Å². The summed E-state index contributed by atoms with van der Waals surface area (Å²) >= 11 is 0. The average molecular weight is 368 g/mol. The van der Waals surface area contributed by atoms with Gasteiger partial charge < -0.3 is 14.4 Å². The molecule has 2 saturated heterocycles. The number of fused-ring (bicyclic) bond motifs is 1. The Labute approximate surface area is 148 Å². The highest BCUT2D eigenvalue weighted by Crippen LogP contribution is 2.34. The number of hydrogen-bond donors (Lipinski definition) is 1. The predicted molar refractivity (Wildman–Crippen MR) is 93.1 cm³/mol. The summed E-state index contributed by atoms with van der Waals surface area (Å²) in [5, 5.41) is 0. The highest BCUT2D eigenvalue weighted by Gasteiger charge is 2.45. The van der Waals surface area contributed by atoms with Crippen LogP contribution in [0, 0.1) is 11.8 Å². The highest BCUT2D eigenvalue weighted by atomic mass is 32.2. The summed E-state index contributed by atoms with van der Waals surface area (Å²) in [5.74, 6) is 0.883. The molecule has 138 valence electrons. The minimum atomic E-state index is -3.22. The minimum absolute atomic E-state index is 0.0228. The van der Waals surface area contributed by atoms with Crippen molar-refractivity contribution in [1.82, 2.24) is 9.62 Å². The summed E-state index contributed by atoms with van der Waals surface area (Å²) in [4.78, 5) is 14.5. The molecule has 2 heterocycles. The Balaban J connectivity index is 1.64. The molecule has 0 aromatic heterocycles. The van der Waals surface area contributed by atoms with Crippen LogP contribution in [0.1, 0.15) is 17.3 Å². The molecule has 2 fully saturated rings. The number of benzene rings is 1. The van der Waals surface area contributed by atoms with Gasteiger partial charge in [0.1, 0.15) is 5.75 Å². The number of sulfonamides is 1. The lowest BCUT2D eigenvalue weighted by molar-refractivity contribution is 0.0678. The number of amides is 1. The number of rotatable bonds is 6. The number of carbonyl (C=O) groups is 1. The minimum Gasteiger partial charge on any atom is -0.494 e. The van der Waals surface area contributed by atoms with Gasteiger partial charge in [-0.1, -0.05) is 6.07 Å². The van der Waals surface area contributed by atoms with Gasteiger partial charge in [0, 0.05) is 37.0 Å². The molecule has 0 bridgehead atoms. The Morgan fingerprint density at radius 2 is 2.20 bits per heavy atom. The molecule has 1 N–H and O–H groups in total. The van der Waals surface area contributed by atoms with Crippen molar-refractivity contribution in [2.75, 3.05) is 39.1 Å². The molecule has 3 atom stereocenters. The van der Waals surface area contributed by atoms with Crippen LogP contribution in [0.25, 0.3) is 0 Å². The quantitative estimate of drug-likeness (QED) is 0.800. The normalized spacial score (nSPS) is 25.8. The molecule has 0 spiro atoms. The first-order valence-corrected chi connectivity index (χ1v) is 10.3. The first kappa shape index (κ1) is 18.2. The Bertz CT molecular complexity index is 736. The van der Waals surface area contributed by atoms with Crippen molar-refractivity contribution >= 4 is 15.9 Å². The summed E-state index contributed by atoms with van der Waals surface area (Å²) in [7, 11) is -3.22. The third-order valence-electron chi connectivity index (χ3n) is 4.73. The Morgan fingerprint density at radius 1 is 1.40 bits per heavy atom. The number of nitrogens with zero attached hydrogens (tertiary/aromatic N) is 1. The molecule has 2 aliphatic heterocycles. The van der Waals surface area contributed by atoms with E-state index in [1.54, 1.807) is 17.0 Å². The van der Waals surface area contributed by atoms with Crippen LogP contribution in [0.2, 0.25) is 0 Å². The zero-order chi connectivity index (χ0) is 18.0. The van der Waals surface area contributed by atoms with Crippen LogP contribution < -0.4 is 9.46 Å². The summed E-state index contributed by atoms with van der Waals surface area (Å²) in [5.41, 5.74) is 0.594. The highest BCUT2D eigenvalue weighted by molar-refractivity contribution is 7.88. The zero-order valence-electron chi connectivity index (χ0n) is 14.5. The average Bonchev–Trinajstić information content (AvgIpc) is 3.13. The topological polar surface area (TPSA) is 84.9 Å². The molecule has 1 amide bonds. The van der Waals surface area contributed by atoms with Crippen LogP contribution in [-0.2, 0) is 14.8 Å². The monoisotopic (exact) mass is 368 g/mol. The van der Waals surface area contributed by atoms with E-state index in [0.717, 1.165) is 6.26 Å². The van der Waals surface area contributed by atoms with Crippen molar-refractivity contribution in [1.29, 1.82) is 0 Å². The van der Waals surface area contributed by atoms with Crippen LogP contribution in [0.3, 0.4) is 0 Å². The zero-order valence-corrected chi connectivity index (χ0v) is 15.3. The molecular weight excluding hydrogens is 344 g/mol. The van der Waals surface area contributed by atoms with Gasteiger partial charge in [0.15, 0.2) is 0 Å². The van der Waals surface area contributed by atoms with E-state index in [-0.39, 0.29) is 23.8 Å². The smallest absolute Gasteiger partial charge is 0.254 e. The second-order valence-corrected chi connectivity index (χ2v) is 8.42. The van der Waals surface area contributed by atoms with Crippen molar-refractivity contribution in [2.45, 2.75) is 13.0 Å². The third-order valence-corrected chi connectivity index (χ3v) is 5.42. The van der Waals surface area contributed by atoms with Crippen molar-refractivity contribution in [3.8, 4) is 5.75 Å². The standard InChI is InChI=1S/C17H24N2O5S/c1-3-23-14-6-4-5-12(7-14)17(20)19-9-15-13(8-18-25(2,21)22)11-24-16(15)10-19/h4-7,13,15-16,18H,3,8-11H2,1-2H3/t13-,15-,16-/m0/s1. The van der Waals surface area contributed by atoms with E-state index < -0.39 is 10.0 Å². The maximum absolute atomic E-state index is 12.8. The van der Waals surface area contributed by atoms with E-state index in [2.05, 4.69) is 4.72 Å². The maximum Gasteiger partial charge on any atom is 0.254 e. The predicted octanol–water partition coefficient (Wildman–Crippen LogP) is 0.722. The fourth-order valence-electron chi connectivity index (χ4n) is 3.50. The van der Waals surface area contributed by atoms with Gasteiger partial charge in [-0.15, -0.1) is 0 Å². The van der Waals surface area contributed by atoms with Gasteiger partial charge in [0.2, 0.25) is 10.0 Å². The summed E-state index contributed by atoms with van der Waals surface area (Å²) in [6.07, 6.45) is 1.13. The lowest BCUT2D eigenvalue weighted by Crippen LogP contribution is -2.35. The van der Waals surface area contributed by atoms with Crippen molar-refractivity contribution in [3.63, 3.8) is 0 Å². The summed E-state index contributed by atoms with van der Waals surface area (Å²) in [6.45, 7) is 4.45. The molecular formula is C17H24N2O5S. The van der Waals surface area contributed by atoms with E-state index >= 15 is 0 Å². The molecule has 7 nitrogen and oxygen atoms in total. The summed E-state index contributed by atoms with van der Waals surface area (Å²) < 4.78 is 36.4. The van der Waals surface area contributed by atoms with E-state index in [9.17, 15) is 13.2 Å². The molecule has 0 aliphatic carbocycles. The number of likely N-dealkylation sites (tertiary alicyclic amines) is 1. The first-order chi connectivity index (χ1) is 11.9. The second kappa shape index (κ2) is 7.31. The maximum atomic E-state index is 12.8. The molecule has 0 unspecified atom stereocenters. The molecule has 0 radical (unpaired) electrons. The molecule has 8 heteroatoms. The first-order valence-electron chi connectivity index (χ1n) is 8.45. The molecule has 2 aliphatic rings. The molecule has 3 rings (SSSR count). The van der Waals surface area contributed by atoms with E-state index in [0.29, 0.717) is 44.2 Å². The SMILES string of the molecule is CCOc1cccc(C(=O)N2C[C@H]3[C@@H](CNS(C)(=O)=O)CO[C@H]3C2)c1. The van der Waals surface area contributed by atoms with Gasteiger partial charge in [-0.05, 0) is 25.1 Å². The number of carbonyl (C=O) groups excluding carboxylic acids is 1. The molecule has 25 heavy (non-hydrogen) atoms. The number of nitrogens with one attached hydrogen (secondary N) is 1. The Kier molecular flexibility index (Phi) is 5.31. The molecule has 0 saturated carbocycles. The van der Waals surface area contributed by atoms with Gasteiger partial charge in [0.05, 0.1) is 25.6 Å². The number of ether oxygens (including phenoxy) is 2. The van der Waals surface area contributed by atoms with Gasteiger partial charge in [0.25, 0.3) is 5.91 Å². The third kappa shape index (κ3) is 4.31. The Hall–Kier alpha value is -1.64. The van der Waals surface area contributed by atoms with E-state index in [4.69, 9.17) is 9.47 Å². The lowest BCUT2D eigenvalue weighted by Gasteiger charge is -2.20. The van der Waals surface area contributed by atoms with Crippen molar-refractivity contribution < 1.29 is 22.7 Å². The fourth-order valence-corrected chi connectivity index (χ4v) is 4.02. The fraction of sp³-hybridized carbons (Fsp3) is 0.588.